The van der Waals surface area contributed by atoms with Crippen LogP contribution in [0.25, 0.3) is 0 Å². The lowest BCUT2D eigenvalue weighted by Gasteiger charge is -2.09. The summed E-state index contributed by atoms with van der Waals surface area (Å²) < 4.78 is 29.5. The second-order valence-corrected chi connectivity index (χ2v) is 2.69. The van der Waals surface area contributed by atoms with Crippen LogP contribution in [0.2, 0.25) is 0 Å². The molecule has 80 valence electrons. The fourth-order valence-electron chi connectivity index (χ4n) is 1.06. The number of aromatic hydroxyl groups is 1. The number of aromatic nitrogens is 1. The Bertz CT molecular complexity index is 402. The van der Waals surface area contributed by atoms with Gasteiger partial charge in [0.15, 0.2) is 0 Å². The van der Waals surface area contributed by atoms with Gasteiger partial charge < -0.3 is 9.84 Å². The van der Waals surface area contributed by atoms with E-state index in [4.69, 9.17) is 5.26 Å². The summed E-state index contributed by atoms with van der Waals surface area (Å²) >= 11 is 0. The van der Waals surface area contributed by atoms with Crippen molar-refractivity contribution in [3.8, 4) is 17.7 Å². The van der Waals surface area contributed by atoms with E-state index in [0.717, 1.165) is 6.07 Å². The summed E-state index contributed by atoms with van der Waals surface area (Å²) in [5.74, 6) is -0.694. The predicted octanol–water partition coefficient (Wildman–Crippen LogP) is 1.80. The molecule has 1 aromatic heterocycles. The van der Waals surface area contributed by atoms with Gasteiger partial charge in [0.05, 0.1) is 25.2 Å². The Labute approximate surface area is 84.7 Å². The van der Waals surface area contributed by atoms with Crippen LogP contribution in [0.5, 0.6) is 11.6 Å². The maximum absolute atomic E-state index is 12.4. The number of hydrogen-bond donors (Lipinski definition) is 1. The summed E-state index contributed by atoms with van der Waals surface area (Å²) in [6.45, 7) is 0. The number of hydrogen-bond acceptors (Lipinski definition) is 4. The fraction of sp³-hybridized carbons (Fsp3) is 0.333. The average Bonchev–Trinajstić information content (AvgIpc) is 2.20. The highest BCUT2D eigenvalue weighted by Crippen LogP contribution is 2.31. The Morgan fingerprint density at radius 2 is 2.33 bits per heavy atom. The topological polar surface area (TPSA) is 66.1 Å². The van der Waals surface area contributed by atoms with Gasteiger partial charge in [0.1, 0.15) is 11.4 Å². The summed E-state index contributed by atoms with van der Waals surface area (Å²) in [6.07, 6.45) is -2.94. The molecule has 1 aromatic rings. The summed E-state index contributed by atoms with van der Waals surface area (Å²) in [5, 5.41) is 17.7. The van der Waals surface area contributed by atoms with Crippen molar-refractivity contribution in [2.24, 2.45) is 0 Å². The van der Waals surface area contributed by atoms with Crippen LogP contribution < -0.4 is 4.74 Å². The molecule has 4 nitrogen and oxygen atoms in total. The molecule has 15 heavy (non-hydrogen) atoms. The molecule has 1 rings (SSSR count). The van der Waals surface area contributed by atoms with Gasteiger partial charge in [-0.25, -0.2) is 13.8 Å². The molecule has 0 bridgehead atoms. The molecule has 0 amide bonds. The van der Waals surface area contributed by atoms with Crippen molar-refractivity contribution < 1.29 is 18.6 Å². The van der Waals surface area contributed by atoms with E-state index in [-0.39, 0.29) is 18.0 Å². The van der Waals surface area contributed by atoms with E-state index in [9.17, 15) is 13.9 Å². The molecule has 0 saturated heterocycles. The number of methoxy groups -OCH3 is 1. The Morgan fingerprint density at radius 1 is 1.67 bits per heavy atom. The molecule has 0 aromatic carbocycles. The molecule has 0 aliphatic carbocycles. The van der Waals surface area contributed by atoms with E-state index in [1.807, 2.05) is 0 Å². The van der Waals surface area contributed by atoms with E-state index < -0.39 is 17.7 Å². The lowest BCUT2D eigenvalue weighted by atomic mass is 10.2. The maximum Gasteiger partial charge on any atom is 0.269 e. The smallest absolute Gasteiger partial charge is 0.269 e. The number of alkyl halides is 2. The summed E-state index contributed by atoms with van der Waals surface area (Å²) in [5.41, 5.74) is -0.463. The van der Waals surface area contributed by atoms with Crippen LogP contribution in [0.1, 0.15) is 17.7 Å². The van der Waals surface area contributed by atoms with Gasteiger partial charge >= 0.3 is 0 Å². The molecule has 0 aliphatic rings. The van der Waals surface area contributed by atoms with Crippen LogP contribution in [0.15, 0.2) is 6.07 Å². The molecule has 0 unspecified atom stereocenters. The van der Waals surface area contributed by atoms with E-state index in [1.54, 1.807) is 6.07 Å². The zero-order valence-corrected chi connectivity index (χ0v) is 7.87. The molecule has 0 spiro atoms. The third kappa shape index (κ3) is 2.31. The fourth-order valence-corrected chi connectivity index (χ4v) is 1.06. The second kappa shape index (κ2) is 4.55. The zero-order chi connectivity index (χ0) is 11.4. The van der Waals surface area contributed by atoms with Gasteiger partial charge in [0, 0.05) is 0 Å². The van der Waals surface area contributed by atoms with Gasteiger partial charge in [0.25, 0.3) is 6.43 Å². The molecular weight excluding hydrogens is 206 g/mol. The van der Waals surface area contributed by atoms with Crippen molar-refractivity contribution in [3.05, 3.63) is 17.3 Å². The van der Waals surface area contributed by atoms with E-state index in [1.165, 1.54) is 7.11 Å². The predicted molar refractivity (Wildman–Crippen MR) is 46.7 cm³/mol. The van der Waals surface area contributed by atoms with E-state index in [2.05, 4.69) is 9.72 Å². The van der Waals surface area contributed by atoms with E-state index in [0.29, 0.717) is 0 Å². The summed E-state index contributed by atoms with van der Waals surface area (Å²) in [4.78, 5) is 3.63. The molecule has 1 heterocycles. The molecule has 0 aliphatic heterocycles. The third-order valence-corrected chi connectivity index (χ3v) is 1.75. The highest BCUT2D eigenvalue weighted by Gasteiger charge is 2.18. The van der Waals surface area contributed by atoms with Crippen LogP contribution in [-0.4, -0.2) is 17.2 Å². The van der Waals surface area contributed by atoms with Crippen molar-refractivity contribution in [2.45, 2.75) is 12.8 Å². The minimum Gasteiger partial charge on any atom is -0.506 e. The molecule has 0 saturated carbocycles. The Morgan fingerprint density at radius 3 is 2.80 bits per heavy atom. The van der Waals surface area contributed by atoms with Gasteiger partial charge in [-0.05, 0) is 6.07 Å². The first-order chi connectivity index (χ1) is 7.10. The minimum absolute atomic E-state index is 0.0266. The van der Waals surface area contributed by atoms with Gasteiger partial charge in [-0.1, -0.05) is 0 Å². The lowest BCUT2D eigenvalue weighted by molar-refractivity contribution is 0.145. The quantitative estimate of drug-likeness (QED) is 0.833. The molecule has 0 fully saturated rings. The van der Waals surface area contributed by atoms with Crippen molar-refractivity contribution >= 4 is 0 Å². The monoisotopic (exact) mass is 214 g/mol. The number of rotatable bonds is 3. The summed E-state index contributed by atoms with van der Waals surface area (Å²) in [6, 6.07) is 2.62. The number of pyridine rings is 1. The largest absolute Gasteiger partial charge is 0.506 e. The number of ether oxygens (including phenoxy) is 1. The van der Waals surface area contributed by atoms with Gasteiger partial charge in [-0.15, -0.1) is 0 Å². The highest BCUT2D eigenvalue weighted by molar-refractivity contribution is 5.39. The van der Waals surface area contributed by atoms with Crippen molar-refractivity contribution in [2.75, 3.05) is 7.11 Å². The molecule has 1 N–H and O–H groups in total. The van der Waals surface area contributed by atoms with Gasteiger partial charge in [-0.2, -0.15) is 5.26 Å². The van der Waals surface area contributed by atoms with Crippen LogP contribution >= 0.6 is 0 Å². The minimum atomic E-state index is -2.78. The SMILES string of the molecule is COc1nc(CC#N)c(O)cc1C(F)F. The van der Waals surface area contributed by atoms with Crippen molar-refractivity contribution in [3.63, 3.8) is 0 Å². The number of nitriles is 1. The molecule has 6 heteroatoms. The second-order valence-electron chi connectivity index (χ2n) is 2.69. The highest BCUT2D eigenvalue weighted by atomic mass is 19.3. The van der Waals surface area contributed by atoms with Crippen LogP contribution in [0, 0.1) is 11.3 Å². The first-order valence-electron chi connectivity index (χ1n) is 4.02. The number of nitrogens with zero attached hydrogens (tertiary/aromatic N) is 2. The van der Waals surface area contributed by atoms with Gasteiger partial charge in [-0.3, -0.25) is 0 Å². The van der Waals surface area contributed by atoms with Crippen LogP contribution in [0.3, 0.4) is 0 Å². The van der Waals surface area contributed by atoms with Crippen LogP contribution in [0.4, 0.5) is 8.78 Å². The maximum atomic E-state index is 12.4. The summed E-state index contributed by atoms with van der Waals surface area (Å²) in [7, 11) is 1.20. The third-order valence-electron chi connectivity index (χ3n) is 1.75. The Hall–Kier alpha value is -1.90. The molecule has 0 radical (unpaired) electrons. The molecular formula is C9H8F2N2O2. The molecule has 0 atom stereocenters. The number of halogens is 2. The standard InChI is InChI=1S/C9H8F2N2O2/c1-15-9-5(8(10)11)4-7(14)6(13-9)2-3-12/h4,8,14H,2H2,1H3. The zero-order valence-electron chi connectivity index (χ0n) is 7.87. The van der Waals surface area contributed by atoms with Crippen molar-refractivity contribution in [1.82, 2.24) is 4.98 Å². The van der Waals surface area contributed by atoms with Crippen LogP contribution in [-0.2, 0) is 6.42 Å². The first kappa shape index (κ1) is 11.2. The Balaban J connectivity index is 3.24. The van der Waals surface area contributed by atoms with Gasteiger partial charge in [0.2, 0.25) is 5.88 Å². The van der Waals surface area contributed by atoms with E-state index >= 15 is 0 Å². The first-order valence-corrected chi connectivity index (χ1v) is 4.02. The average molecular weight is 214 g/mol. The lowest BCUT2D eigenvalue weighted by Crippen LogP contribution is -1.99. The normalized spacial score (nSPS) is 10.1. The van der Waals surface area contributed by atoms with Crippen molar-refractivity contribution in [1.29, 1.82) is 5.26 Å². The Kier molecular flexibility index (Phi) is 3.39.